The molecule has 0 saturated heterocycles. The van der Waals surface area contributed by atoms with Crippen LogP contribution in [0.5, 0.6) is 5.75 Å². The fraction of sp³-hybridized carbons (Fsp3) is 0.222. The molecule has 27 heavy (non-hydrogen) atoms. The molecule has 0 unspecified atom stereocenters. The third kappa shape index (κ3) is 7.35. The number of ether oxygens (including phenoxy) is 1. The highest BCUT2D eigenvalue weighted by atomic mass is 19.4. The van der Waals surface area contributed by atoms with E-state index in [0.717, 1.165) is 6.07 Å². The molecule has 9 heteroatoms. The van der Waals surface area contributed by atoms with Crippen LogP contribution in [0.15, 0.2) is 48.5 Å². The minimum atomic E-state index is -4.41. The highest BCUT2D eigenvalue weighted by molar-refractivity contribution is 5.96. The van der Waals surface area contributed by atoms with Crippen LogP contribution in [-0.2, 0) is 11.3 Å². The SMILES string of the molecule is O=C(CNC(=O)c1cccc(F)c1)NCc1ccc(OCC(F)(F)F)cc1. The average Bonchev–Trinajstić information content (AvgIpc) is 2.63. The van der Waals surface area contributed by atoms with Crippen LogP contribution >= 0.6 is 0 Å². The molecule has 0 heterocycles. The molecule has 0 radical (unpaired) electrons. The molecule has 0 aliphatic rings. The zero-order valence-corrected chi connectivity index (χ0v) is 14.0. The van der Waals surface area contributed by atoms with E-state index in [1.165, 1.54) is 42.5 Å². The number of benzene rings is 2. The number of carbonyl (C=O) groups is 2. The van der Waals surface area contributed by atoms with Gasteiger partial charge in [0.05, 0.1) is 6.54 Å². The summed E-state index contributed by atoms with van der Waals surface area (Å²) in [4.78, 5) is 23.5. The molecule has 0 fully saturated rings. The predicted octanol–water partition coefficient (Wildman–Crippen LogP) is 2.81. The first-order valence-corrected chi connectivity index (χ1v) is 7.82. The molecule has 0 bridgehead atoms. The van der Waals surface area contributed by atoms with Gasteiger partial charge in [-0.2, -0.15) is 13.2 Å². The van der Waals surface area contributed by atoms with Gasteiger partial charge in [0.15, 0.2) is 6.61 Å². The molecule has 2 rings (SSSR count). The van der Waals surface area contributed by atoms with Gasteiger partial charge < -0.3 is 15.4 Å². The zero-order chi connectivity index (χ0) is 19.9. The summed E-state index contributed by atoms with van der Waals surface area (Å²) in [5.41, 5.74) is 0.733. The normalized spacial score (nSPS) is 11.0. The quantitative estimate of drug-likeness (QED) is 0.722. The molecule has 2 aromatic carbocycles. The molecular weight excluding hydrogens is 368 g/mol. The van der Waals surface area contributed by atoms with Crippen LogP contribution in [0.2, 0.25) is 0 Å². The van der Waals surface area contributed by atoms with Crippen molar-refractivity contribution in [3.8, 4) is 5.75 Å². The summed E-state index contributed by atoms with van der Waals surface area (Å²) in [6, 6.07) is 10.8. The molecule has 2 aromatic rings. The summed E-state index contributed by atoms with van der Waals surface area (Å²) in [6.07, 6.45) is -4.41. The molecule has 2 amide bonds. The molecule has 0 aliphatic carbocycles. The first kappa shape index (κ1) is 20.2. The maximum Gasteiger partial charge on any atom is 0.422 e. The number of alkyl halides is 3. The molecular formula is C18H16F4N2O3. The lowest BCUT2D eigenvalue weighted by Crippen LogP contribution is -2.36. The fourth-order valence-electron chi connectivity index (χ4n) is 2.02. The Labute approximate surface area is 152 Å². The van der Waals surface area contributed by atoms with Crippen molar-refractivity contribution in [3.63, 3.8) is 0 Å². The van der Waals surface area contributed by atoms with Gasteiger partial charge >= 0.3 is 6.18 Å². The van der Waals surface area contributed by atoms with E-state index < -0.39 is 30.4 Å². The maximum atomic E-state index is 13.0. The van der Waals surface area contributed by atoms with Gasteiger partial charge in [0.25, 0.3) is 5.91 Å². The second-order valence-electron chi connectivity index (χ2n) is 5.52. The van der Waals surface area contributed by atoms with Gasteiger partial charge in [-0.1, -0.05) is 18.2 Å². The monoisotopic (exact) mass is 384 g/mol. The number of hydrogen-bond donors (Lipinski definition) is 2. The molecule has 0 spiro atoms. The fourth-order valence-corrected chi connectivity index (χ4v) is 2.02. The van der Waals surface area contributed by atoms with Crippen LogP contribution in [0.4, 0.5) is 17.6 Å². The van der Waals surface area contributed by atoms with Crippen LogP contribution in [0.1, 0.15) is 15.9 Å². The second kappa shape index (κ2) is 9.02. The lowest BCUT2D eigenvalue weighted by Gasteiger charge is -2.10. The summed E-state index contributed by atoms with van der Waals surface area (Å²) in [7, 11) is 0. The highest BCUT2D eigenvalue weighted by Gasteiger charge is 2.28. The predicted molar refractivity (Wildman–Crippen MR) is 88.6 cm³/mol. The van der Waals surface area contributed by atoms with Crippen LogP contribution < -0.4 is 15.4 Å². The van der Waals surface area contributed by atoms with E-state index in [0.29, 0.717) is 5.56 Å². The Morgan fingerprint density at radius 1 is 1.00 bits per heavy atom. The Morgan fingerprint density at radius 3 is 2.33 bits per heavy atom. The van der Waals surface area contributed by atoms with E-state index in [2.05, 4.69) is 15.4 Å². The minimum Gasteiger partial charge on any atom is -0.484 e. The van der Waals surface area contributed by atoms with E-state index in [1.54, 1.807) is 0 Å². The number of halogens is 4. The summed E-state index contributed by atoms with van der Waals surface area (Å²) in [5.74, 6) is -1.56. The van der Waals surface area contributed by atoms with Crippen molar-refractivity contribution >= 4 is 11.8 Å². The van der Waals surface area contributed by atoms with Crippen LogP contribution in [0, 0.1) is 5.82 Å². The van der Waals surface area contributed by atoms with Gasteiger partial charge in [0.2, 0.25) is 5.91 Å². The van der Waals surface area contributed by atoms with Crippen molar-refractivity contribution in [1.82, 2.24) is 10.6 Å². The Hall–Kier alpha value is -3.10. The first-order valence-electron chi connectivity index (χ1n) is 7.82. The number of nitrogens with one attached hydrogen (secondary N) is 2. The third-order valence-corrected chi connectivity index (χ3v) is 3.31. The molecule has 5 nitrogen and oxygen atoms in total. The Kier molecular flexibility index (Phi) is 6.75. The lowest BCUT2D eigenvalue weighted by molar-refractivity contribution is -0.153. The summed E-state index contributed by atoms with van der Waals surface area (Å²) < 4.78 is 53.8. The van der Waals surface area contributed by atoms with Crippen molar-refractivity contribution in [2.24, 2.45) is 0 Å². The van der Waals surface area contributed by atoms with Crippen molar-refractivity contribution < 1.29 is 31.9 Å². The van der Waals surface area contributed by atoms with E-state index in [-0.39, 0.29) is 24.4 Å². The van der Waals surface area contributed by atoms with Crippen molar-refractivity contribution in [1.29, 1.82) is 0 Å². The van der Waals surface area contributed by atoms with Crippen LogP contribution in [-0.4, -0.2) is 31.1 Å². The number of rotatable bonds is 7. The Balaban J connectivity index is 1.74. The smallest absolute Gasteiger partial charge is 0.422 e. The summed E-state index contributed by atoms with van der Waals surface area (Å²) in [6.45, 7) is -1.57. The standard InChI is InChI=1S/C18H16F4N2O3/c19-14-3-1-2-13(8-14)17(26)24-10-16(25)23-9-12-4-6-15(7-5-12)27-11-18(20,21)22/h1-8H,9-11H2,(H,23,25)(H,24,26). The lowest BCUT2D eigenvalue weighted by atomic mass is 10.2. The number of carbonyl (C=O) groups excluding carboxylic acids is 2. The van der Waals surface area contributed by atoms with Crippen molar-refractivity contribution in [2.45, 2.75) is 12.7 Å². The molecule has 144 valence electrons. The zero-order valence-electron chi connectivity index (χ0n) is 14.0. The van der Waals surface area contributed by atoms with Gasteiger partial charge in [0, 0.05) is 12.1 Å². The van der Waals surface area contributed by atoms with Gasteiger partial charge in [-0.05, 0) is 35.9 Å². The minimum absolute atomic E-state index is 0.0600. The molecule has 0 saturated carbocycles. The van der Waals surface area contributed by atoms with Crippen LogP contribution in [0.3, 0.4) is 0 Å². The highest BCUT2D eigenvalue weighted by Crippen LogP contribution is 2.18. The molecule has 2 N–H and O–H groups in total. The number of amides is 2. The van der Waals surface area contributed by atoms with Crippen molar-refractivity contribution in [3.05, 3.63) is 65.5 Å². The van der Waals surface area contributed by atoms with E-state index in [4.69, 9.17) is 0 Å². The summed E-state index contributed by atoms with van der Waals surface area (Å²) >= 11 is 0. The maximum absolute atomic E-state index is 13.0. The number of hydrogen-bond acceptors (Lipinski definition) is 3. The van der Waals surface area contributed by atoms with Gasteiger partial charge in [-0.15, -0.1) is 0 Å². The van der Waals surface area contributed by atoms with Crippen molar-refractivity contribution in [2.75, 3.05) is 13.2 Å². The van der Waals surface area contributed by atoms with Gasteiger partial charge in [-0.3, -0.25) is 9.59 Å². The molecule has 0 aromatic heterocycles. The average molecular weight is 384 g/mol. The molecule has 0 atom stereocenters. The largest absolute Gasteiger partial charge is 0.484 e. The van der Waals surface area contributed by atoms with E-state index >= 15 is 0 Å². The third-order valence-electron chi connectivity index (χ3n) is 3.31. The molecule has 0 aliphatic heterocycles. The second-order valence-corrected chi connectivity index (χ2v) is 5.52. The van der Waals surface area contributed by atoms with Gasteiger partial charge in [0.1, 0.15) is 11.6 Å². The van der Waals surface area contributed by atoms with Crippen LogP contribution in [0.25, 0.3) is 0 Å². The van der Waals surface area contributed by atoms with E-state index in [1.807, 2.05) is 0 Å². The Morgan fingerprint density at radius 2 is 1.70 bits per heavy atom. The first-order chi connectivity index (χ1) is 12.7. The Bertz CT molecular complexity index is 792. The van der Waals surface area contributed by atoms with Gasteiger partial charge in [-0.25, -0.2) is 4.39 Å². The topological polar surface area (TPSA) is 67.4 Å². The summed E-state index contributed by atoms with van der Waals surface area (Å²) in [5, 5.41) is 4.90. The van der Waals surface area contributed by atoms with E-state index in [9.17, 15) is 27.2 Å².